The minimum absolute atomic E-state index is 0.0211. The first kappa shape index (κ1) is 13.5. The summed E-state index contributed by atoms with van der Waals surface area (Å²) in [5.41, 5.74) is 0.409. The van der Waals surface area contributed by atoms with Crippen LogP contribution in [0.15, 0.2) is 24.3 Å². The van der Waals surface area contributed by atoms with E-state index in [2.05, 4.69) is 12.2 Å². The molecule has 1 aliphatic rings. The molecule has 1 aromatic carbocycles. The highest BCUT2D eigenvalue weighted by atomic mass is 19.1. The van der Waals surface area contributed by atoms with E-state index in [4.69, 9.17) is 0 Å². The third kappa shape index (κ3) is 3.09. The Kier molecular flexibility index (Phi) is 4.72. The second-order valence-corrected chi connectivity index (χ2v) is 5.16. The van der Waals surface area contributed by atoms with Gasteiger partial charge in [-0.1, -0.05) is 38.0 Å². The smallest absolute Gasteiger partial charge is 0.129 e. The van der Waals surface area contributed by atoms with Crippen molar-refractivity contribution in [3.8, 4) is 0 Å². The zero-order valence-corrected chi connectivity index (χ0v) is 10.9. The van der Waals surface area contributed by atoms with E-state index in [1.54, 1.807) is 18.2 Å². The van der Waals surface area contributed by atoms with Crippen LogP contribution in [-0.4, -0.2) is 17.2 Å². The second kappa shape index (κ2) is 6.30. The summed E-state index contributed by atoms with van der Waals surface area (Å²) in [4.78, 5) is 0. The summed E-state index contributed by atoms with van der Waals surface area (Å²) in [6, 6.07) is 6.95. The topological polar surface area (TPSA) is 32.3 Å². The number of aliphatic hydroxyl groups is 1. The van der Waals surface area contributed by atoms with Crippen LogP contribution < -0.4 is 5.32 Å². The van der Waals surface area contributed by atoms with Gasteiger partial charge in [0.1, 0.15) is 5.82 Å². The van der Waals surface area contributed by atoms with Gasteiger partial charge in [-0.3, -0.25) is 0 Å². The molecule has 1 saturated heterocycles. The van der Waals surface area contributed by atoms with Gasteiger partial charge >= 0.3 is 0 Å². The first-order chi connectivity index (χ1) is 8.72. The SMILES string of the molecule is CCC[C@H]1CCC[C@@H]([C@@H](O)c2ccccc2F)N1. The number of hydrogen-bond donors (Lipinski definition) is 2. The number of piperidine rings is 1. The molecule has 0 radical (unpaired) electrons. The molecule has 0 saturated carbocycles. The Bertz CT molecular complexity index is 381. The summed E-state index contributed by atoms with van der Waals surface area (Å²) >= 11 is 0. The predicted molar refractivity (Wildman–Crippen MR) is 70.8 cm³/mol. The first-order valence-electron chi connectivity index (χ1n) is 6.91. The fourth-order valence-electron chi connectivity index (χ4n) is 2.81. The van der Waals surface area contributed by atoms with E-state index in [1.165, 1.54) is 6.07 Å². The van der Waals surface area contributed by atoms with Gasteiger partial charge in [0.15, 0.2) is 0 Å². The molecule has 0 unspecified atom stereocenters. The molecule has 0 spiro atoms. The monoisotopic (exact) mass is 251 g/mol. The summed E-state index contributed by atoms with van der Waals surface area (Å²) in [6.07, 6.45) is 4.70. The van der Waals surface area contributed by atoms with Crippen LogP contribution in [-0.2, 0) is 0 Å². The van der Waals surface area contributed by atoms with E-state index in [9.17, 15) is 9.50 Å². The average molecular weight is 251 g/mol. The highest BCUT2D eigenvalue weighted by Gasteiger charge is 2.28. The number of nitrogens with one attached hydrogen (secondary N) is 1. The largest absolute Gasteiger partial charge is 0.387 e. The van der Waals surface area contributed by atoms with Crippen molar-refractivity contribution in [3.63, 3.8) is 0 Å². The molecule has 0 aromatic heterocycles. The minimum Gasteiger partial charge on any atom is -0.387 e. The molecule has 1 aromatic rings. The van der Waals surface area contributed by atoms with Crippen LogP contribution in [0.25, 0.3) is 0 Å². The van der Waals surface area contributed by atoms with Crippen molar-refractivity contribution in [2.24, 2.45) is 0 Å². The Balaban J connectivity index is 2.04. The van der Waals surface area contributed by atoms with Crippen molar-refractivity contribution >= 4 is 0 Å². The molecule has 0 bridgehead atoms. The maximum atomic E-state index is 13.7. The van der Waals surface area contributed by atoms with Crippen LogP contribution in [0.3, 0.4) is 0 Å². The van der Waals surface area contributed by atoms with Crippen LogP contribution >= 0.6 is 0 Å². The van der Waals surface area contributed by atoms with Gasteiger partial charge in [0.05, 0.1) is 6.10 Å². The summed E-state index contributed by atoms with van der Waals surface area (Å²) in [5.74, 6) is -0.315. The molecule has 0 aliphatic carbocycles. The van der Waals surface area contributed by atoms with Crippen molar-refractivity contribution in [1.82, 2.24) is 5.32 Å². The molecule has 1 heterocycles. The fourth-order valence-corrected chi connectivity index (χ4v) is 2.81. The van der Waals surface area contributed by atoms with Crippen molar-refractivity contribution in [3.05, 3.63) is 35.6 Å². The van der Waals surface area contributed by atoms with Crippen molar-refractivity contribution in [1.29, 1.82) is 0 Å². The summed E-state index contributed by atoms with van der Waals surface area (Å²) in [5, 5.41) is 13.8. The van der Waals surface area contributed by atoms with Gasteiger partial charge in [-0.25, -0.2) is 4.39 Å². The molecule has 2 nitrogen and oxygen atoms in total. The number of halogens is 1. The fraction of sp³-hybridized carbons (Fsp3) is 0.600. The Labute approximate surface area is 108 Å². The molecule has 2 rings (SSSR count). The standard InChI is InChI=1S/C15H22FNO/c1-2-6-11-7-5-10-14(17-11)15(18)12-8-3-4-9-13(12)16/h3-4,8-9,11,14-15,17-18H,2,5-7,10H2,1H3/t11-,14-,15-/m0/s1. The zero-order valence-electron chi connectivity index (χ0n) is 10.9. The Morgan fingerprint density at radius 2 is 2.17 bits per heavy atom. The lowest BCUT2D eigenvalue weighted by Gasteiger charge is -2.34. The summed E-state index contributed by atoms with van der Waals surface area (Å²) < 4.78 is 13.7. The maximum absolute atomic E-state index is 13.7. The van der Waals surface area contributed by atoms with Crippen LogP contribution in [0.5, 0.6) is 0 Å². The lowest BCUT2D eigenvalue weighted by molar-refractivity contribution is 0.0966. The molecule has 1 fully saturated rings. The molecule has 3 heteroatoms. The average Bonchev–Trinajstić information content (AvgIpc) is 2.39. The van der Waals surface area contributed by atoms with E-state index in [0.29, 0.717) is 11.6 Å². The summed E-state index contributed by atoms with van der Waals surface area (Å²) in [6.45, 7) is 2.17. The summed E-state index contributed by atoms with van der Waals surface area (Å²) in [7, 11) is 0. The lowest BCUT2D eigenvalue weighted by atomic mass is 9.90. The van der Waals surface area contributed by atoms with Crippen LogP contribution in [0.2, 0.25) is 0 Å². The third-order valence-electron chi connectivity index (χ3n) is 3.76. The first-order valence-corrected chi connectivity index (χ1v) is 6.91. The minimum atomic E-state index is -0.745. The molecule has 2 N–H and O–H groups in total. The number of benzene rings is 1. The van der Waals surface area contributed by atoms with Crippen LogP contribution in [0, 0.1) is 5.82 Å². The van der Waals surface area contributed by atoms with Crippen molar-refractivity contribution < 1.29 is 9.50 Å². The molecule has 100 valence electrons. The van der Waals surface area contributed by atoms with Gasteiger partial charge in [0.25, 0.3) is 0 Å². The Hall–Kier alpha value is -0.930. The van der Waals surface area contributed by atoms with Gasteiger partial charge in [0.2, 0.25) is 0 Å². The van der Waals surface area contributed by atoms with E-state index in [0.717, 1.165) is 32.1 Å². The molecule has 1 aliphatic heterocycles. The van der Waals surface area contributed by atoms with E-state index < -0.39 is 6.10 Å². The molecule has 3 atom stereocenters. The normalized spacial score (nSPS) is 25.9. The molecular formula is C15H22FNO. The highest BCUT2D eigenvalue weighted by Crippen LogP contribution is 2.27. The molecule has 0 amide bonds. The quantitative estimate of drug-likeness (QED) is 0.861. The van der Waals surface area contributed by atoms with Gasteiger partial charge in [-0.2, -0.15) is 0 Å². The Morgan fingerprint density at radius 3 is 2.89 bits per heavy atom. The van der Waals surface area contributed by atoms with E-state index >= 15 is 0 Å². The van der Waals surface area contributed by atoms with Crippen molar-refractivity contribution in [2.75, 3.05) is 0 Å². The Morgan fingerprint density at radius 1 is 1.39 bits per heavy atom. The molecular weight excluding hydrogens is 229 g/mol. The second-order valence-electron chi connectivity index (χ2n) is 5.16. The lowest BCUT2D eigenvalue weighted by Crippen LogP contribution is -2.45. The van der Waals surface area contributed by atoms with Gasteiger partial charge in [-0.05, 0) is 25.3 Å². The molecule has 18 heavy (non-hydrogen) atoms. The van der Waals surface area contributed by atoms with Crippen LogP contribution in [0.1, 0.15) is 50.7 Å². The highest BCUT2D eigenvalue weighted by molar-refractivity contribution is 5.21. The van der Waals surface area contributed by atoms with E-state index in [-0.39, 0.29) is 11.9 Å². The van der Waals surface area contributed by atoms with E-state index in [1.807, 2.05) is 0 Å². The number of aliphatic hydroxyl groups excluding tert-OH is 1. The van der Waals surface area contributed by atoms with Crippen molar-refractivity contribution in [2.45, 2.75) is 57.2 Å². The zero-order chi connectivity index (χ0) is 13.0. The maximum Gasteiger partial charge on any atom is 0.129 e. The number of hydrogen-bond acceptors (Lipinski definition) is 2. The van der Waals surface area contributed by atoms with Gasteiger partial charge < -0.3 is 10.4 Å². The van der Waals surface area contributed by atoms with Gasteiger partial charge in [-0.15, -0.1) is 0 Å². The predicted octanol–water partition coefficient (Wildman–Crippen LogP) is 3.17. The van der Waals surface area contributed by atoms with Crippen LogP contribution in [0.4, 0.5) is 4.39 Å². The number of rotatable bonds is 4. The third-order valence-corrected chi connectivity index (χ3v) is 3.76. The van der Waals surface area contributed by atoms with Gasteiger partial charge in [0, 0.05) is 17.6 Å².